The van der Waals surface area contributed by atoms with Gasteiger partial charge in [-0.1, -0.05) is 50.8 Å². The van der Waals surface area contributed by atoms with Crippen molar-refractivity contribution >= 4 is 27.8 Å². The topological polar surface area (TPSA) is 78.0 Å². The van der Waals surface area contributed by atoms with Crippen molar-refractivity contribution in [3.8, 4) is 0 Å². The van der Waals surface area contributed by atoms with Crippen LogP contribution in [0.1, 0.15) is 70.5 Å². The van der Waals surface area contributed by atoms with E-state index in [9.17, 15) is 0 Å². The Morgan fingerprint density at radius 1 is 1.06 bits per heavy atom. The average Bonchev–Trinajstić information content (AvgIpc) is 3.23. The number of hydrogen-bond acceptors (Lipinski definition) is 5. The second-order valence-corrected chi connectivity index (χ2v) is 9.63. The normalized spacial score (nSPS) is 17.9. The van der Waals surface area contributed by atoms with Crippen LogP contribution in [0, 0.1) is 5.92 Å². The third-order valence-corrected chi connectivity index (χ3v) is 7.24. The number of nitrogens with one attached hydrogen (secondary N) is 1. The molecule has 0 bridgehead atoms. The Hall–Kier alpha value is -2.18. The lowest BCUT2D eigenvalue weighted by molar-refractivity contribution is 0.0799. The number of anilines is 1. The molecule has 3 heterocycles. The number of imidazole rings is 1. The van der Waals surface area contributed by atoms with E-state index in [1.165, 1.54) is 74.5 Å². The molecule has 33 heavy (non-hydrogen) atoms. The first-order valence-corrected chi connectivity index (χ1v) is 13.0. The molecule has 0 unspecified atom stereocenters. The number of para-hydroxylation sites is 1. The summed E-state index contributed by atoms with van der Waals surface area (Å²) in [6.45, 7) is 5.18. The van der Waals surface area contributed by atoms with E-state index < -0.39 is 0 Å². The van der Waals surface area contributed by atoms with Gasteiger partial charge in [0, 0.05) is 37.6 Å². The van der Waals surface area contributed by atoms with Crippen LogP contribution in [0.4, 0.5) is 5.82 Å². The van der Waals surface area contributed by atoms with Crippen molar-refractivity contribution in [2.45, 2.75) is 83.7 Å². The lowest BCUT2D eigenvalue weighted by Gasteiger charge is -2.23. The van der Waals surface area contributed by atoms with Gasteiger partial charge in [-0.2, -0.15) is 0 Å². The standard InChI is InChI=1S/C21H28N4.C6H13NO/c1-2-3-13-18-24-19-20(25(18)14-15-9-5-4-6-10-15)16-11-7-8-12-17(16)23-21(19)22;1-7-6-2-4-8-5-3-6/h7-8,11-12,15H,2-6,9-10,13-14H2,1H3,(H2,22,23);6-7H,2-5H2,1H3. The summed E-state index contributed by atoms with van der Waals surface area (Å²) < 4.78 is 7.64. The fourth-order valence-corrected chi connectivity index (χ4v) is 5.24. The number of nitrogens with two attached hydrogens (primary N) is 1. The van der Waals surface area contributed by atoms with Gasteiger partial charge in [0.15, 0.2) is 5.82 Å². The number of unbranched alkanes of at least 4 members (excludes halogenated alkanes) is 1. The maximum atomic E-state index is 6.28. The molecular formula is C27H41N5O. The maximum absolute atomic E-state index is 6.28. The first kappa shape index (κ1) is 24.0. The fraction of sp³-hybridized carbons (Fsp3) is 0.630. The molecule has 2 fully saturated rings. The Kier molecular flexibility index (Phi) is 8.57. The van der Waals surface area contributed by atoms with Crippen molar-refractivity contribution < 1.29 is 4.74 Å². The van der Waals surface area contributed by atoms with Crippen LogP contribution in [0.25, 0.3) is 21.9 Å². The van der Waals surface area contributed by atoms with E-state index >= 15 is 0 Å². The SMILES string of the molecule is CCCCc1nc2c(N)nc3ccccc3c2n1CC1CCCCC1.CNC1CCOCC1. The molecule has 1 aliphatic heterocycles. The van der Waals surface area contributed by atoms with E-state index in [1.54, 1.807) is 0 Å². The summed E-state index contributed by atoms with van der Waals surface area (Å²) in [6, 6.07) is 9.04. The highest BCUT2D eigenvalue weighted by Crippen LogP contribution is 2.32. The van der Waals surface area contributed by atoms with Gasteiger partial charge in [0.1, 0.15) is 11.3 Å². The smallest absolute Gasteiger partial charge is 0.152 e. The van der Waals surface area contributed by atoms with Gasteiger partial charge < -0.3 is 20.4 Å². The quantitative estimate of drug-likeness (QED) is 0.519. The third kappa shape index (κ3) is 5.85. The summed E-state index contributed by atoms with van der Waals surface area (Å²) in [6.07, 6.45) is 12.5. The second-order valence-electron chi connectivity index (χ2n) is 9.63. The van der Waals surface area contributed by atoms with Crippen LogP contribution in [-0.2, 0) is 17.7 Å². The molecule has 1 aromatic carbocycles. The number of aryl methyl sites for hydroxylation is 1. The Morgan fingerprint density at radius 3 is 2.52 bits per heavy atom. The minimum Gasteiger partial charge on any atom is -0.382 e. The van der Waals surface area contributed by atoms with E-state index in [-0.39, 0.29) is 0 Å². The molecule has 0 spiro atoms. The van der Waals surface area contributed by atoms with Gasteiger partial charge in [-0.15, -0.1) is 0 Å². The molecule has 180 valence electrons. The van der Waals surface area contributed by atoms with Crippen molar-refractivity contribution in [2.75, 3.05) is 26.0 Å². The number of nitrogen functional groups attached to an aromatic ring is 1. The van der Waals surface area contributed by atoms with Crippen LogP contribution < -0.4 is 11.1 Å². The first-order chi connectivity index (χ1) is 16.2. The molecule has 3 N–H and O–H groups in total. The summed E-state index contributed by atoms with van der Waals surface area (Å²) in [5.74, 6) is 2.51. The van der Waals surface area contributed by atoms with Gasteiger partial charge in [-0.05, 0) is 51.1 Å². The van der Waals surface area contributed by atoms with Crippen LogP contribution in [0.3, 0.4) is 0 Å². The molecule has 3 aromatic rings. The summed E-state index contributed by atoms with van der Waals surface area (Å²) in [7, 11) is 2.01. The van der Waals surface area contributed by atoms with Crippen LogP contribution in [0.2, 0.25) is 0 Å². The predicted octanol–water partition coefficient (Wildman–Crippen LogP) is 5.47. The van der Waals surface area contributed by atoms with Gasteiger partial charge in [0.05, 0.1) is 11.0 Å². The van der Waals surface area contributed by atoms with Crippen LogP contribution in [-0.4, -0.2) is 40.8 Å². The summed E-state index contributed by atoms with van der Waals surface area (Å²) in [4.78, 5) is 9.53. The number of nitrogens with zero attached hydrogens (tertiary/aromatic N) is 3. The highest BCUT2D eigenvalue weighted by atomic mass is 16.5. The molecule has 0 atom stereocenters. The molecule has 1 aliphatic carbocycles. The molecule has 2 aromatic heterocycles. The molecular weight excluding hydrogens is 410 g/mol. The van der Waals surface area contributed by atoms with Gasteiger partial charge in [-0.25, -0.2) is 9.97 Å². The molecule has 5 rings (SSSR count). The zero-order chi connectivity index (χ0) is 23.0. The fourth-order valence-electron chi connectivity index (χ4n) is 5.24. The molecule has 2 aliphatic rings. The molecule has 6 nitrogen and oxygen atoms in total. The number of pyridine rings is 1. The largest absolute Gasteiger partial charge is 0.382 e. The lowest BCUT2D eigenvalue weighted by atomic mass is 9.89. The van der Waals surface area contributed by atoms with Crippen molar-refractivity contribution in [1.29, 1.82) is 0 Å². The molecule has 1 saturated heterocycles. The highest BCUT2D eigenvalue weighted by Gasteiger charge is 2.21. The van der Waals surface area contributed by atoms with E-state index in [0.29, 0.717) is 11.9 Å². The number of hydrogen-bond donors (Lipinski definition) is 2. The second kappa shape index (κ2) is 11.8. The van der Waals surface area contributed by atoms with Gasteiger partial charge in [-0.3, -0.25) is 0 Å². The predicted molar refractivity (Wildman–Crippen MR) is 138 cm³/mol. The van der Waals surface area contributed by atoms with Gasteiger partial charge in [0.2, 0.25) is 0 Å². The third-order valence-electron chi connectivity index (χ3n) is 7.24. The monoisotopic (exact) mass is 451 g/mol. The van der Waals surface area contributed by atoms with E-state index in [1.807, 2.05) is 13.1 Å². The van der Waals surface area contributed by atoms with Crippen LogP contribution >= 0.6 is 0 Å². The number of ether oxygens (including phenoxy) is 1. The van der Waals surface area contributed by atoms with Crippen molar-refractivity contribution in [2.24, 2.45) is 5.92 Å². The minimum atomic E-state index is 0.564. The summed E-state index contributed by atoms with van der Waals surface area (Å²) in [5, 5.41) is 4.40. The Bertz CT molecular complexity index is 1020. The zero-order valence-corrected chi connectivity index (χ0v) is 20.5. The zero-order valence-electron chi connectivity index (χ0n) is 20.5. The summed E-state index contributed by atoms with van der Waals surface area (Å²) in [5.41, 5.74) is 9.33. The molecule has 0 amide bonds. The Labute approximate surface area is 198 Å². The van der Waals surface area contributed by atoms with Crippen molar-refractivity contribution in [1.82, 2.24) is 19.9 Å². The molecule has 1 saturated carbocycles. The van der Waals surface area contributed by atoms with Crippen molar-refractivity contribution in [3.05, 3.63) is 30.1 Å². The first-order valence-electron chi connectivity index (χ1n) is 13.0. The molecule has 6 heteroatoms. The van der Waals surface area contributed by atoms with Gasteiger partial charge in [0.25, 0.3) is 0 Å². The Morgan fingerprint density at radius 2 is 1.82 bits per heavy atom. The van der Waals surface area contributed by atoms with Crippen LogP contribution in [0.15, 0.2) is 24.3 Å². The lowest BCUT2D eigenvalue weighted by Crippen LogP contribution is -2.31. The van der Waals surface area contributed by atoms with Gasteiger partial charge >= 0.3 is 0 Å². The van der Waals surface area contributed by atoms with Crippen LogP contribution in [0.5, 0.6) is 0 Å². The minimum absolute atomic E-state index is 0.564. The highest BCUT2D eigenvalue weighted by molar-refractivity contribution is 6.06. The summed E-state index contributed by atoms with van der Waals surface area (Å²) >= 11 is 0. The average molecular weight is 452 g/mol. The number of rotatable bonds is 6. The number of benzene rings is 1. The number of fused-ring (bicyclic) bond motifs is 3. The van der Waals surface area contributed by atoms with Crippen molar-refractivity contribution in [3.63, 3.8) is 0 Å². The number of aromatic nitrogens is 3. The molecule has 0 radical (unpaired) electrons. The van der Waals surface area contributed by atoms with E-state index in [4.69, 9.17) is 15.5 Å². The van der Waals surface area contributed by atoms with E-state index in [0.717, 1.165) is 43.1 Å². The van der Waals surface area contributed by atoms with E-state index in [2.05, 4.69) is 40.0 Å². The Balaban J connectivity index is 0.000000275. The maximum Gasteiger partial charge on any atom is 0.152 e.